The molecule has 1 aliphatic rings. The number of hydrogen-bond acceptors (Lipinski definition) is 9. The minimum Gasteiger partial charge on any atom is -0.457 e. The van der Waals surface area contributed by atoms with E-state index in [1.54, 1.807) is 0 Å². The molecule has 0 aromatic heterocycles. The van der Waals surface area contributed by atoms with Crippen LogP contribution in [0.2, 0.25) is 0 Å². The molecule has 9 heteroatoms. The third-order valence-corrected chi connectivity index (χ3v) is 11.4. The Hall–Kier alpha value is -1.07. The molecule has 0 aliphatic carbocycles. The first-order valence-corrected chi connectivity index (χ1v) is 24.3. The smallest absolute Gasteiger partial charge is 0.306 e. The van der Waals surface area contributed by atoms with Crippen molar-refractivity contribution in [3.8, 4) is 0 Å². The number of esters is 1. The highest BCUT2D eigenvalue weighted by Crippen LogP contribution is 2.23. The highest BCUT2D eigenvalue weighted by atomic mass is 16.7. The fraction of sp³-hybridized carbons (Fsp3) is 0.938. The van der Waals surface area contributed by atoms with Crippen LogP contribution >= 0.6 is 0 Å². The lowest BCUT2D eigenvalue weighted by Gasteiger charge is -2.39. The lowest BCUT2D eigenvalue weighted by molar-refractivity contribution is -0.305. The van der Waals surface area contributed by atoms with Crippen LogP contribution in [0.15, 0.2) is 12.2 Å². The molecule has 0 bridgehead atoms. The number of allylic oxidation sites excluding steroid dienone is 2. The van der Waals surface area contributed by atoms with E-state index < -0.39 is 43.4 Å². The molecule has 1 saturated heterocycles. The molecule has 6 atom stereocenters. The summed E-state index contributed by atoms with van der Waals surface area (Å²) in [5.74, 6) is -0.311. The van der Waals surface area contributed by atoms with Crippen LogP contribution in [-0.4, -0.2) is 89.6 Å². The summed E-state index contributed by atoms with van der Waals surface area (Å²) in [5.41, 5.74) is 0. The van der Waals surface area contributed by atoms with Crippen LogP contribution in [-0.2, 0) is 23.7 Å². The molecule has 6 unspecified atom stereocenters. The van der Waals surface area contributed by atoms with Crippen LogP contribution in [0.25, 0.3) is 0 Å². The van der Waals surface area contributed by atoms with Gasteiger partial charge in [-0.1, -0.05) is 193 Å². The van der Waals surface area contributed by atoms with Crippen molar-refractivity contribution in [3.63, 3.8) is 0 Å². The monoisotopic (exact) mass is 813 g/mol. The molecule has 1 aliphatic heterocycles. The van der Waals surface area contributed by atoms with Crippen molar-refractivity contribution in [1.82, 2.24) is 0 Å². The Labute approximate surface area is 350 Å². The molecular weight excluding hydrogens is 721 g/mol. The molecule has 0 aromatic carbocycles. The normalized spacial score (nSPS) is 20.4. The van der Waals surface area contributed by atoms with Gasteiger partial charge in [0.1, 0.15) is 30.5 Å². The Kier molecular flexibility index (Phi) is 38.2. The molecule has 57 heavy (non-hydrogen) atoms. The van der Waals surface area contributed by atoms with Crippen molar-refractivity contribution in [2.45, 2.75) is 263 Å². The third kappa shape index (κ3) is 31.5. The zero-order valence-electron chi connectivity index (χ0n) is 37.1. The van der Waals surface area contributed by atoms with Gasteiger partial charge in [-0.3, -0.25) is 4.79 Å². The Bertz CT molecular complexity index is 884. The summed E-state index contributed by atoms with van der Waals surface area (Å²) in [6.45, 7) is 4.58. The largest absolute Gasteiger partial charge is 0.457 e. The van der Waals surface area contributed by atoms with Gasteiger partial charge in [-0.2, -0.15) is 0 Å². The lowest BCUT2D eigenvalue weighted by atomic mass is 9.99. The summed E-state index contributed by atoms with van der Waals surface area (Å²) in [6.07, 6.45) is 38.3. The Morgan fingerprint density at radius 3 is 1.42 bits per heavy atom. The first-order chi connectivity index (χ1) is 27.9. The van der Waals surface area contributed by atoms with E-state index in [9.17, 15) is 25.2 Å². The van der Waals surface area contributed by atoms with Gasteiger partial charge in [0.25, 0.3) is 0 Å². The summed E-state index contributed by atoms with van der Waals surface area (Å²) in [5, 5.41) is 40.1. The number of rotatable bonds is 42. The summed E-state index contributed by atoms with van der Waals surface area (Å²) >= 11 is 0. The summed E-state index contributed by atoms with van der Waals surface area (Å²) in [6, 6.07) is 0. The van der Waals surface area contributed by atoms with Gasteiger partial charge in [-0.05, 0) is 38.5 Å². The van der Waals surface area contributed by atoms with Crippen LogP contribution in [0.5, 0.6) is 0 Å². The minimum absolute atomic E-state index is 0.108. The van der Waals surface area contributed by atoms with Crippen molar-refractivity contribution in [2.24, 2.45) is 0 Å². The second-order valence-electron chi connectivity index (χ2n) is 16.9. The molecule has 0 radical (unpaired) electrons. The third-order valence-electron chi connectivity index (χ3n) is 11.4. The number of aliphatic hydroxyl groups is 4. The van der Waals surface area contributed by atoms with Gasteiger partial charge in [0.2, 0.25) is 0 Å². The Morgan fingerprint density at radius 1 is 0.544 bits per heavy atom. The molecule has 9 nitrogen and oxygen atoms in total. The fourth-order valence-corrected chi connectivity index (χ4v) is 7.61. The Balaban J connectivity index is 2.12. The average molecular weight is 813 g/mol. The van der Waals surface area contributed by atoms with Crippen LogP contribution in [0.4, 0.5) is 0 Å². The first kappa shape index (κ1) is 53.9. The minimum atomic E-state index is -1.53. The molecule has 0 amide bonds. The van der Waals surface area contributed by atoms with Crippen molar-refractivity contribution < 1.29 is 44.2 Å². The van der Waals surface area contributed by atoms with Gasteiger partial charge in [0.15, 0.2) is 6.29 Å². The summed E-state index contributed by atoms with van der Waals surface area (Å²) in [7, 11) is 0. The molecule has 0 spiro atoms. The molecule has 0 aromatic rings. The highest BCUT2D eigenvalue weighted by Gasteiger charge is 2.44. The van der Waals surface area contributed by atoms with Crippen molar-refractivity contribution in [3.05, 3.63) is 12.2 Å². The van der Waals surface area contributed by atoms with E-state index in [1.165, 1.54) is 173 Å². The van der Waals surface area contributed by atoms with Crippen LogP contribution in [0.3, 0.4) is 0 Å². The fourth-order valence-electron chi connectivity index (χ4n) is 7.61. The van der Waals surface area contributed by atoms with E-state index in [0.29, 0.717) is 13.0 Å². The molecule has 1 heterocycles. The molecule has 4 N–H and O–H groups in total. The number of carbonyl (C=O) groups excluding carboxylic acids is 1. The van der Waals surface area contributed by atoms with Crippen molar-refractivity contribution in [2.75, 3.05) is 26.4 Å². The van der Waals surface area contributed by atoms with Gasteiger partial charge in [0, 0.05) is 13.0 Å². The molecule has 0 saturated carbocycles. The first-order valence-electron chi connectivity index (χ1n) is 24.3. The maximum atomic E-state index is 12.8. The van der Waals surface area contributed by atoms with Gasteiger partial charge in [-0.15, -0.1) is 0 Å². The van der Waals surface area contributed by atoms with Gasteiger partial charge in [0.05, 0.1) is 19.8 Å². The zero-order chi connectivity index (χ0) is 41.4. The van der Waals surface area contributed by atoms with E-state index in [-0.39, 0.29) is 19.2 Å². The maximum Gasteiger partial charge on any atom is 0.306 e. The van der Waals surface area contributed by atoms with E-state index in [0.717, 1.165) is 32.1 Å². The summed E-state index contributed by atoms with van der Waals surface area (Å²) in [4.78, 5) is 12.8. The van der Waals surface area contributed by atoms with E-state index >= 15 is 0 Å². The number of ether oxygens (including phenoxy) is 4. The van der Waals surface area contributed by atoms with E-state index in [1.807, 2.05) is 0 Å². The van der Waals surface area contributed by atoms with Gasteiger partial charge in [-0.25, -0.2) is 0 Å². The molecular formula is C48H92O9. The zero-order valence-corrected chi connectivity index (χ0v) is 37.1. The number of unbranched alkanes of at least 4 members (excludes halogenated alkanes) is 29. The molecule has 338 valence electrons. The maximum absolute atomic E-state index is 12.8. The van der Waals surface area contributed by atoms with Crippen LogP contribution < -0.4 is 0 Å². The molecule has 1 fully saturated rings. The predicted molar refractivity (Wildman–Crippen MR) is 233 cm³/mol. The second kappa shape index (κ2) is 40.3. The number of aliphatic hydroxyl groups excluding tert-OH is 4. The highest BCUT2D eigenvalue weighted by molar-refractivity contribution is 5.69. The van der Waals surface area contributed by atoms with E-state index in [2.05, 4.69) is 26.0 Å². The van der Waals surface area contributed by atoms with Gasteiger partial charge < -0.3 is 39.4 Å². The quantitative estimate of drug-likeness (QED) is 0.0270. The molecule has 1 rings (SSSR count). The predicted octanol–water partition coefficient (Wildman–Crippen LogP) is 11.2. The average Bonchev–Trinajstić information content (AvgIpc) is 3.21. The van der Waals surface area contributed by atoms with Crippen molar-refractivity contribution >= 4 is 5.97 Å². The van der Waals surface area contributed by atoms with Crippen molar-refractivity contribution in [1.29, 1.82) is 0 Å². The number of hydrogen-bond donors (Lipinski definition) is 4. The summed E-state index contributed by atoms with van der Waals surface area (Å²) < 4.78 is 22.8. The topological polar surface area (TPSA) is 135 Å². The van der Waals surface area contributed by atoms with Crippen LogP contribution in [0, 0.1) is 0 Å². The number of carbonyl (C=O) groups is 1. The lowest BCUT2D eigenvalue weighted by Crippen LogP contribution is -2.59. The van der Waals surface area contributed by atoms with Gasteiger partial charge >= 0.3 is 5.97 Å². The standard InChI is InChI=1S/C48H92O9/c1-3-5-7-9-11-13-14-15-16-17-18-19-20-21-22-23-24-25-26-27-28-29-31-33-35-37-44(50)56-42(40-54-38-36-34-32-30-12-10-8-6-4-2)41-55-48-47(53)46(52)45(51)43(39-49)57-48/h17-18,42-43,45-49,51-53H,3-16,19-41H2,1-2H3/b18-17-. The van der Waals surface area contributed by atoms with Crippen LogP contribution in [0.1, 0.15) is 226 Å². The van der Waals surface area contributed by atoms with E-state index in [4.69, 9.17) is 18.9 Å². The Morgan fingerprint density at radius 2 is 0.965 bits per heavy atom. The SMILES string of the molecule is CCCCCCCCCC/C=C\CCCCCCCCCCCCCCCC(=O)OC(COCCCCCCCCCCC)COC1OC(CO)C(O)C(O)C1O. The second-order valence-corrected chi connectivity index (χ2v) is 16.9.